The van der Waals surface area contributed by atoms with Crippen LogP contribution < -0.4 is 10.6 Å². The van der Waals surface area contributed by atoms with Gasteiger partial charge in [-0.25, -0.2) is 9.59 Å². The Bertz CT molecular complexity index is 782. The van der Waals surface area contributed by atoms with Crippen LogP contribution in [0.15, 0.2) is 24.3 Å². The number of benzene rings is 1. The first-order valence-electron chi connectivity index (χ1n) is 8.32. The molecule has 3 atom stereocenters. The lowest BCUT2D eigenvalue weighted by Gasteiger charge is -2.49. The van der Waals surface area contributed by atoms with Gasteiger partial charge in [0.15, 0.2) is 0 Å². The fourth-order valence-electron chi connectivity index (χ4n) is 3.52. The lowest BCUT2D eigenvalue weighted by Crippen LogP contribution is -2.72. The molecule has 26 heavy (non-hydrogen) atoms. The van der Waals surface area contributed by atoms with E-state index in [1.807, 2.05) is 0 Å². The molecular formula is C16H19N5O5. The average Bonchev–Trinajstić information content (AvgIpc) is 2.61. The van der Waals surface area contributed by atoms with E-state index in [0.717, 1.165) is 4.90 Å². The van der Waals surface area contributed by atoms with Gasteiger partial charge in [-0.3, -0.25) is 19.8 Å². The van der Waals surface area contributed by atoms with Crippen LogP contribution in [0.5, 0.6) is 0 Å². The number of non-ortho nitro benzene ring substituents is 1. The third-order valence-electron chi connectivity index (χ3n) is 4.73. The lowest BCUT2D eigenvalue weighted by molar-refractivity contribution is -0.384. The van der Waals surface area contributed by atoms with E-state index in [0.29, 0.717) is 12.1 Å². The van der Waals surface area contributed by atoms with Gasteiger partial charge in [0.25, 0.3) is 5.69 Å². The van der Waals surface area contributed by atoms with Gasteiger partial charge in [-0.2, -0.15) is 0 Å². The topological polar surface area (TPSA) is 125 Å². The van der Waals surface area contributed by atoms with E-state index in [1.165, 1.54) is 23.1 Å². The van der Waals surface area contributed by atoms with E-state index in [4.69, 9.17) is 0 Å². The molecule has 10 heteroatoms. The number of nitro groups is 1. The molecule has 2 N–H and O–H groups in total. The zero-order chi connectivity index (χ0) is 19.0. The molecule has 2 aliphatic rings. The van der Waals surface area contributed by atoms with Gasteiger partial charge in [-0.15, -0.1) is 0 Å². The molecule has 2 heterocycles. The van der Waals surface area contributed by atoms with Crippen LogP contribution in [0.3, 0.4) is 0 Å². The average molecular weight is 361 g/mol. The summed E-state index contributed by atoms with van der Waals surface area (Å²) in [7, 11) is 0. The Morgan fingerprint density at radius 2 is 1.88 bits per heavy atom. The van der Waals surface area contributed by atoms with Gasteiger partial charge in [0.1, 0.15) is 12.1 Å². The second kappa shape index (κ2) is 6.62. The minimum Gasteiger partial charge on any atom is -0.330 e. The standard InChI is InChI=1S/C16H19N5O5/c1-3-19-13-11(14(22)20(4-2)16(19)24)12(17-15(23)18-13)9-6-5-7-10(8-9)21(25)26/h5-8,11-13H,3-4H2,1-2H3,(H2,17,18,23). The highest BCUT2D eigenvalue weighted by Crippen LogP contribution is 2.35. The molecule has 10 nitrogen and oxygen atoms in total. The van der Waals surface area contributed by atoms with Crippen LogP contribution in [0, 0.1) is 16.0 Å². The van der Waals surface area contributed by atoms with E-state index in [1.54, 1.807) is 19.9 Å². The Balaban J connectivity index is 2.06. The number of rotatable bonds is 4. The normalized spacial score (nSPS) is 25.5. The zero-order valence-corrected chi connectivity index (χ0v) is 14.3. The number of carbonyl (C=O) groups excluding carboxylic acids is 3. The number of urea groups is 2. The van der Waals surface area contributed by atoms with E-state index in [-0.39, 0.29) is 12.2 Å². The summed E-state index contributed by atoms with van der Waals surface area (Å²) in [6.07, 6.45) is -0.805. The highest BCUT2D eigenvalue weighted by molar-refractivity contribution is 6.00. The van der Waals surface area contributed by atoms with Crippen LogP contribution in [-0.4, -0.2) is 51.9 Å². The molecule has 0 radical (unpaired) electrons. The van der Waals surface area contributed by atoms with Gasteiger partial charge in [0.05, 0.1) is 11.0 Å². The van der Waals surface area contributed by atoms with Crippen LogP contribution in [0.4, 0.5) is 15.3 Å². The van der Waals surface area contributed by atoms with Crippen LogP contribution in [0.2, 0.25) is 0 Å². The van der Waals surface area contributed by atoms with Crippen molar-refractivity contribution in [3.8, 4) is 0 Å². The Labute approximate surface area is 149 Å². The highest BCUT2D eigenvalue weighted by atomic mass is 16.6. The third kappa shape index (κ3) is 2.72. The van der Waals surface area contributed by atoms with Crippen molar-refractivity contribution in [1.82, 2.24) is 20.4 Å². The molecule has 1 aromatic rings. The van der Waals surface area contributed by atoms with Crippen LogP contribution >= 0.6 is 0 Å². The first-order valence-corrected chi connectivity index (χ1v) is 8.32. The molecule has 2 fully saturated rings. The van der Waals surface area contributed by atoms with Crippen molar-refractivity contribution in [3.63, 3.8) is 0 Å². The zero-order valence-electron chi connectivity index (χ0n) is 14.3. The smallest absolute Gasteiger partial charge is 0.328 e. The maximum absolute atomic E-state index is 12.9. The minimum atomic E-state index is -0.805. The van der Waals surface area contributed by atoms with Gasteiger partial charge in [0.2, 0.25) is 5.91 Å². The Morgan fingerprint density at radius 1 is 1.15 bits per heavy atom. The molecule has 3 unspecified atom stereocenters. The summed E-state index contributed by atoms with van der Waals surface area (Å²) in [4.78, 5) is 50.7. The predicted molar refractivity (Wildman–Crippen MR) is 89.9 cm³/mol. The quantitative estimate of drug-likeness (QED) is 0.616. The monoisotopic (exact) mass is 361 g/mol. The lowest BCUT2D eigenvalue weighted by atomic mass is 9.85. The molecule has 2 saturated heterocycles. The molecular weight excluding hydrogens is 342 g/mol. The second-order valence-corrected chi connectivity index (χ2v) is 6.07. The number of carbonyl (C=O) groups is 3. The first-order chi connectivity index (χ1) is 12.4. The molecule has 0 saturated carbocycles. The summed E-state index contributed by atoms with van der Waals surface area (Å²) in [5.41, 5.74) is 0.310. The van der Waals surface area contributed by atoms with Crippen molar-refractivity contribution in [2.75, 3.05) is 13.1 Å². The summed E-state index contributed by atoms with van der Waals surface area (Å²) in [6, 6.07) is 4.03. The van der Waals surface area contributed by atoms with E-state index >= 15 is 0 Å². The summed E-state index contributed by atoms with van der Waals surface area (Å²) < 4.78 is 0. The number of fused-ring (bicyclic) bond motifs is 1. The summed E-state index contributed by atoms with van der Waals surface area (Å²) >= 11 is 0. The summed E-state index contributed by atoms with van der Waals surface area (Å²) in [5, 5.41) is 16.4. The minimum absolute atomic E-state index is 0.133. The summed E-state index contributed by atoms with van der Waals surface area (Å²) in [5.74, 6) is -1.21. The van der Waals surface area contributed by atoms with Gasteiger partial charge < -0.3 is 15.5 Å². The number of amides is 5. The Morgan fingerprint density at radius 3 is 2.50 bits per heavy atom. The molecule has 0 aromatic heterocycles. The van der Waals surface area contributed by atoms with Crippen molar-refractivity contribution >= 4 is 23.7 Å². The number of imide groups is 1. The number of hydrogen-bond donors (Lipinski definition) is 2. The van der Waals surface area contributed by atoms with E-state index < -0.39 is 41.0 Å². The molecule has 1 aromatic carbocycles. The number of nitrogens with zero attached hydrogens (tertiary/aromatic N) is 3. The molecule has 138 valence electrons. The Kier molecular flexibility index (Phi) is 4.49. The van der Waals surface area contributed by atoms with Gasteiger partial charge in [0, 0.05) is 25.2 Å². The number of nitro benzene ring substituents is 1. The number of hydrogen-bond acceptors (Lipinski definition) is 5. The van der Waals surface area contributed by atoms with Gasteiger partial charge in [-0.1, -0.05) is 12.1 Å². The fourth-order valence-corrected chi connectivity index (χ4v) is 3.52. The predicted octanol–water partition coefficient (Wildman–Crippen LogP) is 1.20. The first kappa shape index (κ1) is 17.6. The highest BCUT2D eigenvalue weighted by Gasteiger charge is 2.52. The maximum atomic E-state index is 12.9. The second-order valence-electron chi connectivity index (χ2n) is 6.07. The fraction of sp³-hybridized carbons (Fsp3) is 0.438. The molecule has 3 rings (SSSR count). The van der Waals surface area contributed by atoms with Crippen molar-refractivity contribution in [2.45, 2.75) is 26.1 Å². The van der Waals surface area contributed by atoms with E-state index in [9.17, 15) is 24.5 Å². The molecule has 5 amide bonds. The van der Waals surface area contributed by atoms with Crippen molar-refractivity contribution in [3.05, 3.63) is 39.9 Å². The Hall–Kier alpha value is -3.17. The molecule has 2 aliphatic heterocycles. The van der Waals surface area contributed by atoms with Gasteiger partial charge >= 0.3 is 12.1 Å². The van der Waals surface area contributed by atoms with Crippen molar-refractivity contribution in [2.24, 2.45) is 5.92 Å². The largest absolute Gasteiger partial charge is 0.330 e. The summed E-state index contributed by atoms with van der Waals surface area (Å²) in [6.45, 7) is 3.97. The van der Waals surface area contributed by atoms with Crippen LogP contribution in [-0.2, 0) is 4.79 Å². The van der Waals surface area contributed by atoms with Gasteiger partial charge in [-0.05, 0) is 19.4 Å². The molecule has 0 bridgehead atoms. The number of nitrogens with one attached hydrogen (secondary N) is 2. The van der Waals surface area contributed by atoms with Crippen LogP contribution in [0.25, 0.3) is 0 Å². The SMILES string of the molecule is CCN1C(=O)C2C(c3cccc([N+](=O)[O-])c3)NC(=O)NC2N(CC)C1=O. The van der Waals surface area contributed by atoms with Crippen molar-refractivity contribution in [1.29, 1.82) is 0 Å². The molecule has 0 aliphatic carbocycles. The maximum Gasteiger partial charge on any atom is 0.328 e. The van der Waals surface area contributed by atoms with E-state index in [2.05, 4.69) is 10.6 Å². The van der Waals surface area contributed by atoms with Crippen molar-refractivity contribution < 1.29 is 19.3 Å². The van der Waals surface area contributed by atoms with Crippen LogP contribution in [0.1, 0.15) is 25.5 Å². The third-order valence-corrected chi connectivity index (χ3v) is 4.73. The molecule has 0 spiro atoms.